The predicted molar refractivity (Wildman–Crippen MR) is 102 cm³/mol. The average molecular weight is 385 g/mol. The first kappa shape index (κ1) is 19.3. The number of imide groups is 1. The lowest BCUT2D eigenvalue weighted by Crippen LogP contribution is -2.56. The molecule has 0 aliphatic carbocycles. The summed E-state index contributed by atoms with van der Waals surface area (Å²) >= 11 is 0. The molecule has 2 aliphatic rings. The number of hydrogen-bond donors (Lipinski definition) is 1. The number of dihydropyridines is 1. The largest absolute Gasteiger partial charge is 0.497 e. The Morgan fingerprint density at radius 2 is 2.07 bits per heavy atom. The zero-order valence-corrected chi connectivity index (χ0v) is 15.8. The molecular formula is C19H21N4O5+. The molecule has 1 unspecified atom stereocenters. The maximum absolute atomic E-state index is 13.0. The van der Waals surface area contributed by atoms with Crippen molar-refractivity contribution in [3.8, 4) is 5.75 Å². The second-order valence-corrected chi connectivity index (χ2v) is 6.09. The monoisotopic (exact) mass is 385 g/mol. The van der Waals surface area contributed by atoms with Gasteiger partial charge < -0.3 is 14.8 Å². The second kappa shape index (κ2) is 8.03. The number of allylic oxidation sites excluding steroid dienone is 1. The summed E-state index contributed by atoms with van der Waals surface area (Å²) in [6.45, 7) is 1.72. The van der Waals surface area contributed by atoms with E-state index in [4.69, 9.17) is 9.47 Å². The van der Waals surface area contributed by atoms with Gasteiger partial charge in [-0.25, -0.2) is 4.79 Å². The van der Waals surface area contributed by atoms with Crippen molar-refractivity contribution in [1.29, 1.82) is 0 Å². The SMILES string of the molecule is CCOC1=CC=NC2=[N+](C)C(=O)N(CC(=O)Nc3ccccc3OC)C(=O)C12. The topological polar surface area (TPSA) is 100 Å². The van der Waals surface area contributed by atoms with Crippen LogP contribution >= 0.6 is 0 Å². The third kappa shape index (κ3) is 3.51. The van der Waals surface area contributed by atoms with Crippen molar-refractivity contribution in [1.82, 2.24) is 4.90 Å². The van der Waals surface area contributed by atoms with Gasteiger partial charge in [0.2, 0.25) is 0 Å². The van der Waals surface area contributed by atoms with E-state index in [2.05, 4.69) is 10.3 Å². The highest BCUT2D eigenvalue weighted by atomic mass is 16.5. The van der Waals surface area contributed by atoms with Crippen molar-refractivity contribution in [3.63, 3.8) is 0 Å². The van der Waals surface area contributed by atoms with Gasteiger partial charge in [0.15, 0.2) is 12.5 Å². The van der Waals surface area contributed by atoms with Gasteiger partial charge in [-0.2, -0.15) is 9.48 Å². The van der Waals surface area contributed by atoms with Crippen LogP contribution in [0, 0.1) is 5.92 Å². The summed E-state index contributed by atoms with van der Waals surface area (Å²) < 4.78 is 12.0. The van der Waals surface area contributed by atoms with E-state index in [-0.39, 0.29) is 5.84 Å². The first-order valence-electron chi connectivity index (χ1n) is 8.73. The highest BCUT2D eigenvalue weighted by molar-refractivity contribution is 6.16. The van der Waals surface area contributed by atoms with Crippen molar-refractivity contribution < 1.29 is 28.4 Å². The molecule has 1 aromatic carbocycles. The number of para-hydroxylation sites is 2. The summed E-state index contributed by atoms with van der Waals surface area (Å²) in [7, 11) is 2.99. The first-order valence-corrected chi connectivity index (χ1v) is 8.73. The third-order valence-corrected chi connectivity index (χ3v) is 4.36. The fourth-order valence-electron chi connectivity index (χ4n) is 3.05. The van der Waals surface area contributed by atoms with Crippen LogP contribution in [0.2, 0.25) is 0 Å². The molecule has 2 heterocycles. The Balaban J connectivity index is 1.83. The Labute approximate surface area is 161 Å². The van der Waals surface area contributed by atoms with Crippen LogP contribution in [0.4, 0.5) is 10.5 Å². The number of benzene rings is 1. The molecule has 28 heavy (non-hydrogen) atoms. The fraction of sp³-hybridized carbons (Fsp3) is 0.316. The number of nitrogens with zero attached hydrogens (tertiary/aromatic N) is 3. The number of amides is 4. The van der Waals surface area contributed by atoms with Gasteiger partial charge in [0, 0.05) is 6.08 Å². The number of methoxy groups -OCH3 is 1. The van der Waals surface area contributed by atoms with Gasteiger partial charge in [-0.15, -0.1) is 4.99 Å². The Bertz CT molecular complexity index is 919. The van der Waals surface area contributed by atoms with Crippen molar-refractivity contribution in [2.24, 2.45) is 10.9 Å². The zero-order chi connectivity index (χ0) is 20.3. The molecule has 146 valence electrons. The number of anilines is 1. The molecule has 0 bridgehead atoms. The van der Waals surface area contributed by atoms with Crippen molar-refractivity contribution in [3.05, 3.63) is 36.1 Å². The summed E-state index contributed by atoms with van der Waals surface area (Å²) in [6.07, 6.45) is 3.07. The molecule has 0 spiro atoms. The second-order valence-electron chi connectivity index (χ2n) is 6.09. The Morgan fingerprint density at radius 1 is 1.32 bits per heavy atom. The van der Waals surface area contributed by atoms with Crippen LogP contribution in [-0.2, 0) is 14.3 Å². The van der Waals surface area contributed by atoms with Crippen LogP contribution in [-0.4, -0.2) is 66.7 Å². The van der Waals surface area contributed by atoms with Crippen molar-refractivity contribution >= 4 is 35.6 Å². The Kier molecular flexibility index (Phi) is 5.53. The molecule has 4 amide bonds. The van der Waals surface area contributed by atoms with Crippen LogP contribution in [0.15, 0.2) is 41.1 Å². The molecule has 9 heteroatoms. The van der Waals surface area contributed by atoms with Gasteiger partial charge in [-0.3, -0.25) is 9.59 Å². The number of rotatable bonds is 6. The highest BCUT2D eigenvalue weighted by Crippen LogP contribution is 2.26. The molecule has 0 saturated carbocycles. The number of nitrogens with one attached hydrogen (secondary N) is 1. The maximum atomic E-state index is 13.0. The third-order valence-electron chi connectivity index (χ3n) is 4.36. The minimum atomic E-state index is -0.855. The molecule has 0 radical (unpaired) electrons. The summed E-state index contributed by atoms with van der Waals surface area (Å²) in [6, 6.07) is 6.25. The van der Waals surface area contributed by atoms with E-state index >= 15 is 0 Å². The van der Waals surface area contributed by atoms with Gasteiger partial charge in [0.25, 0.3) is 11.7 Å². The fourth-order valence-corrected chi connectivity index (χ4v) is 3.05. The summed E-state index contributed by atoms with van der Waals surface area (Å²) in [4.78, 5) is 43.1. The highest BCUT2D eigenvalue weighted by Gasteiger charge is 2.50. The number of hydrogen-bond acceptors (Lipinski definition) is 6. The molecule has 2 aliphatic heterocycles. The van der Waals surface area contributed by atoms with E-state index in [1.807, 2.05) is 0 Å². The zero-order valence-electron chi connectivity index (χ0n) is 15.8. The van der Waals surface area contributed by atoms with Gasteiger partial charge >= 0.3 is 11.9 Å². The molecule has 0 saturated heterocycles. The minimum Gasteiger partial charge on any atom is -0.497 e. The first-order chi connectivity index (χ1) is 13.5. The smallest absolute Gasteiger partial charge is 0.446 e. The van der Waals surface area contributed by atoms with Crippen LogP contribution in [0.5, 0.6) is 5.75 Å². The molecule has 1 atom stereocenters. The quantitative estimate of drug-likeness (QED) is 0.743. The lowest BCUT2D eigenvalue weighted by Gasteiger charge is -2.28. The lowest BCUT2D eigenvalue weighted by atomic mass is 9.99. The predicted octanol–water partition coefficient (Wildman–Crippen LogP) is 1.26. The van der Waals surface area contributed by atoms with Crippen LogP contribution in [0.25, 0.3) is 0 Å². The van der Waals surface area contributed by atoms with Crippen LogP contribution < -0.4 is 10.1 Å². The van der Waals surface area contributed by atoms with Crippen LogP contribution in [0.3, 0.4) is 0 Å². The van der Waals surface area contributed by atoms with Crippen molar-refractivity contribution in [2.75, 3.05) is 32.6 Å². The number of aliphatic imine (C=N–C) groups is 1. The van der Waals surface area contributed by atoms with Gasteiger partial charge in [0.1, 0.15) is 17.7 Å². The van der Waals surface area contributed by atoms with E-state index in [9.17, 15) is 14.4 Å². The average Bonchev–Trinajstić information content (AvgIpc) is 2.70. The molecule has 3 rings (SSSR count). The van der Waals surface area contributed by atoms with E-state index < -0.39 is 30.3 Å². The maximum Gasteiger partial charge on any atom is 0.446 e. The number of amidine groups is 1. The number of fused-ring (bicyclic) bond motifs is 1. The molecule has 1 aromatic rings. The molecular weight excluding hydrogens is 364 g/mol. The van der Waals surface area contributed by atoms with Gasteiger partial charge in [-0.1, -0.05) is 12.1 Å². The number of ether oxygens (including phenoxy) is 2. The van der Waals surface area contributed by atoms with E-state index in [0.29, 0.717) is 23.8 Å². The standard InChI is InChI=1S/C19H20N4O5/c1-4-28-14-9-10-20-17-16(14)18(25)23(19(26)22(17)2)11-15(24)21-12-7-5-6-8-13(12)27-3/h5-10,16H,4,11H2,1-3H3/p+1. The van der Waals surface area contributed by atoms with Gasteiger partial charge in [0.05, 0.1) is 26.5 Å². The van der Waals surface area contributed by atoms with Gasteiger partial charge in [-0.05, 0) is 19.1 Å². The van der Waals surface area contributed by atoms with Crippen molar-refractivity contribution in [2.45, 2.75) is 6.92 Å². The molecule has 9 nitrogen and oxygen atoms in total. The molecule has 1 N–H and O–H groups in total. The number of carbonyl (C=O) groups excluding carboxylic acids is 3. The Hall–Kier alpha value is -3.49. The summed E-state index contributed by atoms with van der Waals surface area (Å²) in [5.41, 5.74) is 0.449. The number of urea groups is 1. The lowest BCUT2D eigenvalue weighted by molar-refractivity contribution is -0.408. The summed E-state index contributed by atoms with van der Waals surface area (Å²) in [5, 5.41) is 2.66. The molecule has 0 aromatic heterocycles. The van der Waals surface area contributed by atoms with E-state index in [0.717, 1.165) is 4.90 Å². The minimum absolute atomic E-state index is 0.280. The number of carbonyl (C=O) groups is 3. The summed E-state index contributed by atoms with van der Waals surface area (Å²) in [5.74, 6) is -0.779. The Morgan fingerprint density at radius 3 is 2.79 bits per heavy atom. The van der Waals surface area contributed by atoms with E-state index in [1.165, 1.54) is 24.9 Å². The van der Waals surface area contributed by atoms with Crippen LogP contribution in [0.1, 0.15) is 6.92 Å². The normalized spacial score (nSPS) is 18.6. The molecule has 0 fully saturated rings. The van der Waals surface area contributed by atoms with E-state index in [1.54, 1.807) is 37.3 Å².